The Morgan fingerprint density at radius 2 is 1.78 bits per heavy atom. The molecule has 2 heterocycles. The number of hydrogen-bond acceptors (Lipinski definition) is 7. The van der Waals surface area contributed by atoms with Crippen molar-refractivity contribution in [3.8, 4) is 0 Å². The Labute approximate surface area is 210 Å². The Morgan fingerprint density at radius 1 is 1.00 bits per heavy atom. The van der Waals surface area contributed by atoms with Crippen molar-refractivity contribution in [2.45, 2.75) is 6.92 Å². The molecule has 0 saturated heterocycles. The molecule has 0 aliphatic carbocycles. The third-order valence-electron chi connectivity index (χ3n) is 6.25. The number of aryl methyl sites for hydroxylation is 1. The maximum atomic E-state index is 8.81. The maximum Gasteiger partial charge on any atom is 0.141 e. The number of hydrogen-bond donors (Lipinski definition) is 4. The molecule has 178 valence electrons. The van der Waals surface area contributed by atoms with Crippen LogP contribution in [0.4, 0.5) is 23.0 Å². The van der Waals surface area contributed by atoms with Crippen LogP contribution in [-0.4, -0.2) is 22.2 Å². The average molecular weight is 474 g/mol. The highest BCUT2D eigenvalue weighted by atomic mass is 15.2. The molecule has 0 unspecified atom stereocenters. The molecule has 1 aliphatic heterocycles. The van der Waals surface area contributed by atoms with Gasteiger partial charge in [0.2, 0.25) is 0 Å². The maximum absolute atomic E-state index is 8.81. The highest BCUT2D eigenvalue weighted by molar-refractivity contribution is 6.16. The summed E-state index contributed by atoms with van der Waals surface area (Å²) >= 11 is 0. The van der Waals surface area contributed by atoms with E-state index in [2.05, 4.69) is 64.0 Å². The standard InChI is InChI=1S/C29H27N7/c1-18-8-3-6-13-25(18)36-19(2)24-12-5-4-9-20(24)15-23(36)16-33-29-26(28(32)34-17-35-29)27(31)21-10-7-11-22(30)14-21/h3-15,17,31H,2,16,30H2,1H3,(H3,32,33,34,35). The second-order valence-corrected chi connectivity index (χ2v) is 8.63. The van der Waals surface area contributed by atoms with Gasteiger partial charge < -0.3 is 21.7 Å². The van der Waals surface area contributed by atoms with Crippen LogP contribution in [0.25, 0.3) is 11.8 Å². The van der Waals surface area contributed by atoms with Gasteiger partial charge in [-0.15, -0.1) is 0 Å². The molecule has 0 fully saturated rings. The van der Waals surface area contributed by atoms with Crippen LogP contribution in [0.15, 0.2) is 91.4 Å². The minimum absolute atomic E-state index is 0.200. The number of aromatic nitrogens is 2. The number of para-hydroxylation sites is 1. The molecule has 1 aliphatic rings. The molecule has 6 N–H and O–H groups in total. The second kappa shape index (κ2) is 9.38. The predicted octanol–water partition coefficient (Wildman–Crippen LogP) is 5.31. The summed E-state index contributed by atoms with van der Waals surface area (Å²) in [6, 6.07) is 23.6. The number of nitrogen functional groups attached to an aromatic ring is 2. The molecule has 0 spiro atoms. The van der Waals surface area contributed by atoms with E-state index in [0.717, 1.165) is 33.8 Å². The predicted molar refractivity (Wildman–Crippen MR) is 149 cm³/mol. The molecule has 7 nitrogen and oxygen atoms in total. The smallest absolute Gasteiger partial charge is 0.141 e. The molecule has 0 atom stereocenters. The average Bonchev–Trinajstić information content (AvgIpc) is 2.88. The topological polar surface area (TPSA) is 117 Å². The fourth-order valence-electron chi connectivity index (χ4n) is 4.46. The largest absolute Gasteiger partial charge is 0.399 e. The van der Waals surface area contributed by atoms with Crippen LogP contribution in [0.5, 0.6) is 0 Å². The van der Waals surface area contributed by atoms with Crippen molar-refractivity contribution in [1.82, 2.24) is 9.97 Å². The van der Waals surface area contributed by atoms with Gasteiger partial charge in [-0.25, -0.2) is 9.97 Å². The lowest BCUT2D eigenvalue weighted by atomic mass is 9.97. The van der Waals surface area contributed by atoms with Gasteiger partial charge in [-0.1, -0.05) is 61.2 Å². The van der Waals surface area contributed by atoms with E-state index in [9.17, 15) is 0 Å². The molecule has 0 radical (unpaired) electrons. The van der Waals surface area contributed by atoms with Crippen LogP contribution in [0.3, 0.4) is 0 Å². The molecule has 3 aromatic carbocycles. The summed E-state index contributed by atoms with van der Waals surface area (Å²) in [6.45, 7) is 6.95. The molecular weight excluding hydrogens is 446 g/mol. The third kappa shape index (κ3) is 4.18. The molecule has 5 rings (SSSR count). The fourth-order valence-corrected chi connectivity index (χ4v) is 4.46. The van der Waals surface area contributed by atoms with Crippen molar-refractivity contribution in [1.29, 1.82) is 5.41 Å². The van der Waals surface area contributed by atoms with Crippen LogP contribution in [0, 0.1) is 12.3 Å². The number of anilines is 4. The molecule has 0 amide bonds. The summed E-state index contributed by atoms with van der Waals surface area (Å²) in [5, 5.41) is 12.2. The van der Waals surface area contributed by atoms with E-state index in [-0.39, 0.29) is 11.5 Å². The van der Waals surface area contributed by atoms with Gasteiger partial charge in [0.25, 0.3) is 0 Å². The zero-order chi connectivity index (χ0) is 25.2. The fraction of sp³-hybridized carbons (Fsp3) is 0.0690. The van der Waals surface area contributed by atoms with E-state index in [1.54, 1.807) is 12.1 Å². The van der Waals surface area contributed by atoms with Gasteiger partial charge in [-0.05, 0) is 42.3 Å². The van der Waals surface area contributed by atoms with Crippen molar-refractivity contribution in [3.05, 3.63) is 119 Å². The minimum atomic E-state index is 0.200. The van der Waals surface area contributed by atoms with Gasteiger partial charge in [-0.2, -0.15) is 0 Å². The van der Waals surface area contributed by atoms with Crippen LogP contribution in [0.2, 0.25) is 0 Å². The van der Waals surface area contributed by atoms with Gasteiger partial charge in [0.05, 0.1) is 17.8 Å². The zero-order valence-corrected chi connectivity index (χ0v) is 20.0. The van der Waals surface area contributed by atoms with Crippen LogP contribution in [-0.2, 0) is 0 Å². The Morgan fingerprint density at radius 3 is 2.58 bits per heavy atom. The van der Waals surface area contributed by atoms with Gasteiger partial charge >= 0.3 is 0 Å². The molecule has 0 saturated carbocycles. The summed E-state index contributed by atoms with van der Waals surface area (Å²) in [6.07, 6.45) is 3.55. The lowest BCUT2D eigenvalue weighted by Gasteiger charge is -2.35. The van der Waals surface area contributed by atoms with Crippen molar-refractivity contribution in [3.63, 3.8) is 0 Å². The number of nitrogens with one attached hydrogen (secondary N) is 2. The van der Waals surface area contributed by atoms with Gasteiger partial charge in [-0.3, -0.25) is 5.41 Å². The van der Waals surface area contributed by atoms with Crippen molar-refractivity contribution in [2.24, 2.45) is 0 Å². The first-order chi connectivity index (χ1) is 17.4. The van der Waals surface area contributed by atoms with Gasteiger partial charge in [0.15, 0.2) is 0 Å². The Balaban J connectivity index is 1.53. The SMILES string of the molecule is C=C1c2ccccc2C=C(CNc2ncnc(N)c2C(=N)c2cccc(N)c2)N1c1ccccc1C. The quantitative estimate of drug-likeness (QED) is 0.223. The monoisotopic (exact) mass is 473 g/mol. The molecule has 4 aromatic rings. The van der Waals surface area contributed by atoms with Crippen LogP contribution in [0.1, 0.15) is 27.8 Å². The molecule has 36 heavy (non-hydrogen) atoms. The van der Waals surface area contributed by atoms with E-state index < -0.39 is 0 Å². The first-order valence-corrected chi connectivity index (χ1v) is 11.6. The van der Waals surface area contributed by atoms with Gasteiger partial charge in [0.1, 0.15) is 18.0 Å². The Bertz CT molecular complexity index is 1520. The first kappa shape index (κ1) is 22.9. The number of fused-ring (bicyclic) bond motifs is 1. The summed E-state index contributed by atoms with van der Waals surface area (Å²) in [4.78, 5) is 10.7. The first-order valence-electron chi connectivity index (χ1n) is 11.6. The lowest BCUT2D eigenvalue weighted by molar-refractivity contribution is 1.06. The van der Waals surface area contributed by atoms with Crippen molar-refractivity contribution >= 4 is 40.5 Å². The van der Waals surface area contributed by atoms with E-state index in [4.69, 9.17) is 16.9 Å². The van der Waals surface area contributed by atoms with E-state index in [1.807, 2.05) is 36.4 Å². The highest BCUT2D eigenvalue weighted by Gasteiger charge is 2.25. The number of rotatable bonds is 6. The minimum Gasteiger partial charge on any atom is -0.399 e. The summed E-state index contributed by atoms with van der Waals surface area (Å²) in [7, 11) is 0. The number of nitrogens with zero attached hydrogens (tertiary/aromatic N) is 3. The van der Waals surface area contributed by atoms with Crippen molar-refractivity contribution < 1.29 is 0 Å². The number of benzene rings is 3. The lowest BCUT2D eigenvalue weighted by Crippen LogP contribution is -2.29. The Kier molecular flexibility index (Phi) is 5.96. The number of nitrogens with two attached hydrogens (primary N) is 2. The van der Waals surface area contributed by atoms with Crippen LogP contribution < -0.4 is 21.7 Å². The summed E-state index contributed by atoms with van der Waals surface area (Å²) in [5.74, 6) is 0.702. The summed E-state index contributed by atoms with van der Waals surface area (Å²) < 4.78 is 0. The molecular formula is C29H27N7. The molecule has 7 heteroatoms. The van der Waals surface area contributed by atoms with Gasteiger partial charge in [0, 0.05) is 33.9 Å². The molecule has 1 aromatic heterocycles. The zero-order valence-electron chi connectivity index (χ0n) is 20.0. The molecule has 0 bridgehead atoms. The van der Waals surface area contributed by atoms with Crippen LogP contribution >= 0.6 is 0 Å². The highest BCUT2D eigenvalue weighted by Crippen LogP contribution is 2.38. The normalized spacial score (nSPS) is 12.6. The van der Waals surface area contributed by atoms with E-state index in [1.165, 1.54) is 6.33 Å². The second-order valence-electron chi connectivity index (χ2n) is 8.63. The van der Waals surface area contributed by atoms with E-state index >= 15 is 0 Å². The summed E-state index contributed by atoms with van der Waals surface area (Å²) in [5.41, 5.74) is 20.3. The Hall–Kier alpha value is -4.91. The van der Waals surface area contributed by atoms with E-state index in [0.29, 0.717) is 29.2 Å². The third-order valence-corrected chi connectivity index (χ3v) is 6.25. The van der Waals surface area contributed by atoms with Crippen molar-refractivity contribution in [2.75, 3.05) is 28.2 Å².